The van der Waals surface area contributed by atoms with Crippen LogP contribution in [0.5, 0.6) is 0 Å². The molecule has 0 amide bonds. The van der Waals surface area contributed by atoms with Crippen LogP contribution >= 0.6 is 11.6 Å². The van der Waals surface area contributed by atoms with Gasteiger partial charge >= 0.3 is 5.97 Å². The third-order valence-electron chi connectivity index (χ3n) is 2.93. The van der Waals surface area contributed by atoms with E-state index in [1.54, 1.807) is 24.3 Å². The van der Waals surface area contributed by atoms with Crippen molar-refractivity contribution in [2.24, 2.45) is 0 Å². The van der Waals surface area contributed by atoms with E-state index in [0.717, 1.165) is 12.3 Å². The normalized spacial score (nSPS) is 13.6. The lowest BCUT2D eigenvalue weighted by Crippen LogP contribution is -2.40. The molecule has 1 aromatic carbocycles. The van der Waals surface area contributed by atoms with Gasteiger partial charge in [0.1, 0.15) is 5.82 Å². The van der Waals surface area contributed by atoms with Crippen molar-refractivity contribution in [2.75, 3.05) is 5.32 Å². The average Bonchev–Trinajstić information content (AvgIpc) is 2.38. The number of nitrogens with zero attached hydrogens (tertiary/aromatic N) is 1. The fourth-order valence-electron chi connectivity index (χ4n) is 1.79. The molecule has 0 aliphatic heterocycles. The molecule has 0 aliphatic carbocycles. The summed E-state index contributed by atoms with van der Waals surface area (Å²) in [7, 11) is 0. The molecule has 0 aliphatic rings. The van der Waals surface area contributed by atoms with Gasteiger partial charge in [-0.1, -0.05) is 17.7 Å². The standard InChI is InChI=1S/C14H12ClFN2O2/c1-14(13(19)20,9-5-11(16)8-17-7-9)18-12-4-2-3-10(15)6-12/h2-8,18H,1H3,(H,19,20). The average molecular weight is 295 g/mol. The van der Waals surface area contributed by atoms with Crippen molar-refractivity contribution < 1.29 is 14.3 Å². The molecule has 4 nitrogen and oxygen atoms in total. The third kappa shape index (κ3) is 2.88. The molecule has 104 valence electrons. The summed E-state index contributed by atoms with van der Waals surface area (Å²) in [6, 6.07) is 7.78. The number of carboxylic acid groups (broad SMARTS) is 1. The molecule has 1 atom stereocenters. The van der Waals surface area contributed by atoms with Gasteiger partial charge in [-0.05, 0) is 31.2 Å². The van der Waals surface area contributed by atoms with Gasteiger partial charge < -0.3 is 10.4 Å². The minimum absolute atomic E-state index is 0.213. The highest BCUT2D eigenvalue weighted by Crippen LogP contribution is 2.27. The maximum atomic E-state index is 13.3. The van der Waals surface area contributed by atoms with Crippen LogP contribution in [0.3, 0.4) is 0 Å². The maximum Gasteiger partial charge on any atom is 0.333 e. The number of halogens is 2. The molecule has 1 aromatic heterocycles. The van der Waals surface area contributed by atoms with E-state index in [0.29, 0.717) is 10.7 Å². The molecule has 2 N–H and O–H groups in total. The molecule has 6 heteroatoms. The van der Waals surface area contributed by atoms with Crippen LogP contribution in [0.25, 0.3) is 0 Å². The van der Waals surface area contributed by atoms with Crippen molar-refractivity contribution in [3.8, 4) is 0 Å². The summed E-state index contributed by atoms with van der Waals surface area (Å²) in [5.41, 5.74) is -0.781. The first-order valence-electron chi connectivity index (χ1n) is 5.80. The second-order valence-electron chi connectivity index (χ2n) is 4.46. The fraction of sp³-hybridized carbons (Fsp3) is 0.143. The summed E-state index contributed by atoms with van der Waals surface area (Å²) in [4.78, 5) is 15.3. The lowest BCUT2D eigenvalue weighted by molar-refractivity contribution is -0.142. The van der Waals surface area contributed by atoms with Crippen LogP contribution in [0.2, 0.25) is 5.02 Å². The van der Waals surface area contributed by atoms with E-state index < -0.39 is 17.3 Å². The molecule has 0 saturated carbocycles. The van der Waals surface area contributed by atoms with Gasteiger partial charge in [0.2, 0.25) is 0 Å². The zero-order chi connectivity index (χ0) is 14.8. The largest absolute Gasteiger partial charge is 0.479 e. The monoisotopic (exact) mass is 294 g/mol. The fourth-order valence-corrected chi connectivity index (χ4v) is 1.98. The number of hydrogen-bond acceptors (Lipinski definition) is 3. The number of aliphatic carboxylic acids is 1. The SMILES string of the molecule is CC(Nc1cccc(Cl)c1)(C(=O)O)c1cncc(F)c1. The first-order valence-corrected chi connectivity index (χ1v) is 6.18. The topological polar surface area (TPSA) is 62.2 Å². The van der Waals surface area contributed by atoms with Crippen LogP contribution in [-0.2, 0) is 10.3 Å². The van der Waals surface area contributed by atoms with Gasteiger partial charge in [0, 0.05) is 22.5 Å². The Labute approximate surface area is 120 Å². The number of nitrogens with one attached hydrogen (secondary N) is 1. The van der Waals surface area contributed by atoms with Crippen molar-refractivity contribution in [1.29, 1.82) is 0 Å². The molecule has 0 bridgehead atoms. The van der Waals surface area contributed by atoms with Crippen molar-refractivity contribution in [1.82, 2.24) is 4.98 Å². The van der Waals surface area contributed by atoms with Crippen molar-refractivity contribution in [3.63, 3.8) is 0 Å². The Bertz CT molecular complexity index is 651. The second-order valence-corrected chi connectivity index (χ2v) is 4.89. The Morgan fingerprint density at radius 2 is 2.15 bits per heavy atom. The number of aromatic nitrogens is 1. The molecular formula is C14H12ClFN2O2. The van der Waals surface area contributed by atoms with Crippen LogP contribution in [0.1, 0.15) is 12.5 Å². The number of anilines is 1. The van der Waals surface area contributed by atoms with E-state index in [1.165, 1.54) is 13.1 Å². The molecule has 2 aromatic rings. The summed E-state index contributed by atoms with van der Waals surface area (Å²) in [6.45, 7) is 1.44. The Morgan fingerprint density at radius 1 is 1.40 bits per heavy atom. The maximum absolute atomic E-state index is 13.3. The van der Waals surface area contributed by atoms with Gasteiger partial charge in [-0.3, -0.25) is 4.98 Å². The lowest BCUT2D eigenvalue weighted by Gasteiger charge is -2.27. The molecule has 0 spiro atoms. The van der Waals surface area contributed by atoms with E-state index >= 15 is 0 Å². The van der Waals surface area contributed by atoms with Crippen LogP contribution < -0.4 is 5.32 Å². The van der Waals surface area contributed by atoms with Gasteiger partial charge in [0.15, 0.2) is 5.54 Å². The second kappa shape index (κ2) is 5.46. The van der Waals surface area contributed by atoms with Crippen LogP contribution in [0.4, 0.5) is 10.1 Å². The summed E-state index contributed by atoms with van der Waals surface area (Å²) < 4.78 is 13.3. The third-order valence-corrected chi connectivity index (χ3v) is 3.16. The summed E-state index contributed by atoms with van der Waals surface area (Å²) >= 11 is 5.86. The molecule has 0 saturated heterocycles. The molecule has 0 radical (unpaired) electrons. The van der Waals surface area contributed by atoms with Gasteiger partial charge in [-0.25, -0.2) is 9.18 Å². The van der Waals surface area contributed by atoms with E-state index in [2.05, 4.69) is 10.3 Å². The molecule has 1 heterocycles. The predicted molar refractivity (Wildman–Crippen MR) is 74.3 cm³/mol. The number of carbonyl (C=O) groups is 1. The first-order chi connectivity index (χ1) is 9.41. The number of pyridine rings is 1. The van der Waals surface area contributed by atoms with Crippen molar-refractivity contribution in [2.45, 2.75) is 12.5 Å². The van der Waals surface area contributed by atoms with E-state index in [-0.39, 0.29) is 5.56 Å². The first kappa shape index (κ1) is 14.3. The molecule has 0 fully saturated rings. The van der Waals surface area contributed by atoms with Gasteiger partial charge in [0.25, 0.3) is 0 Å². The molecular weight excluding hydrogens is 283 g/mol. The molecule has 20 heavy (non-hydrogen) atoms. The summed E-state index contributed by atoms with van der Waals surface area (Å²) in [5, 5.41) is 12.8. The van der Waals surface area contributed by atoms with E-state index in [4.69, 9.17) is 11.6 Å². The number of carboxylic acids is 1. The summed E-state index contributed by atoms with van der Waals surface area (Å²) in [5.74, 6) is -1.74. The highest BCUT2D eigenvalue weighted by molar-refractivity contribution is 6.30. The van der Waals surface area contributed by atoms with Crippen LogP contribution in [0.15, 0.2) is 42.7 Å². The van der Waals surface area contributed by atoms with Crippen LogP contribution in [-0.4, -0.2) is 16.1 Å². The Hall–Kier alpha value is -2.14. The molecule has 2 rings (SSSR count). The van der Waals surface area contributed by atoms with Crippen molar-refractivity contribution in [3.05, 3.63) is 59.1 Å². The van der Waals surface area contributed by atoms with E-state index in [9.17, 15) is 14.3 Å². The Balaban J connectivity index is 2.42. The van der Waals surface area contributed by atoms with Gasteiger partial charge in [-0.15, -0.1) is 0 Å². The van der Waals surface area contributed by atoms with Crippen molar-refractivity contribution >= 4 is 23.3 Å². The minimum atomic E-state index is -1.51. The predicted octanol–water partition coefficient (Wildman–Crippen LogP) is 3.29. The van der Waals surface area contributed by atoms with Gasteiger partial charge in [-0.2, -0.15) is 0 Å². The smallest absolute Gasteiger partial charge is 0.333 e. The minimum Gasteiger partial charge on any atom is -0.479 e. The highest BCUT2D eigenvalue weighted by Gasteiger charge is 2.36. The van der Waals surface area contributed by atoms with Gasteiger partial charge in [0.05, 0.1) is 6.20 Å². The number of hydrogen-bond donors (Lipinski definition) is 2. The van der Waals surface area contributed by atoms with Crippen LogP contribution in [0, 0.1) is 5.82 Å². The quantitative estimate of drug-likeness (QED) is 0.908. The Morgan fingerprint density at radius 3 is 2.75 bits per heavy atom. The number of benzene rings is 1. The zero-order valence-corrected chi connectivity index (χ0v) is 11.4. The van der Waals surface area contributed by atoms with E-state index in [1.807, 2.05) is 0 Å². The highest BCUT2D eigenvalue weighted by atomic mass is 35.5. The number of rotatable bonds is 4. The Kier molecular flexibility index (Phi) is 3.90. The zero-order valence-electron chi connectivity index (χ0n) is 10.6. The lowest BCUT2D eigenvalue weighted by atomic mass is 9.93. The molecule has 1 unspecified atom stereocenters. The summed E-state index contributed by atoms with van der Waals surface area (Å²) in [6.07, 6.45) is 2.33.